The van der Waals surface area contributed by atoms with Crippen LogP contribution in [0.25, 0.3) is 10.8 Å². The van der Waals surface area contributed by atoms with Crippen molar-refractivity contribution in [3.8, 4) is 5.75 Å². The molecule has 1 aliphatic carbocycles. The zero-order chi connectivity index (χ0) is 19.5. The molecule has 4 nitrogen and oxygen atoms in total. The molecule has 1 heterocycles. The molecule has 150 valence electrons. The highest BCUT2D eigenvalue weighted by Crippen LogP contribution is 2.35. The van der Waals surface area contributed by atoms with Crippen molar-refractivity contribution in [1.29, 1.82) is 0 Å². The zero-order valence-electron chi connectivity index (χ0n) is 16.5. The van der Waals surface area contributed by atoms with E-state index in [2.05, 4.69) is 26.1 Å². The summed E-state index contributed by atoms with van der Waals surface area (Å²) in [6, 6.07) is 11.0. The Labute approximate surface area is 175 Å². The Hall–Kier alpha value is -1.59. The molecule has 0 unspecified atom stereocenters. The molecular weight excluding hydrogens is 416 g/mol. The maximum absolute atomic E-state index is 13.0. The maximum atomic E-state index is 13.0. The van der Waals surface area contributed by atoms with Gasteiger partial charge in [-0.05, 0) is 43.7 Å². The predicted octanol–water partition coefficient (Wildman–Crippen LogP) is 5.14. The number of hydrogen-bond acceptors (Lipinski definition) is 3. The van der Waals surface area contributed by atoms with Crippen LogP contribution in [0.3, 0.4) is 0 Å². The average molecular weight is 445 g/mol. The molecule has 0 bridgehead atoms. The molecule has 1 atom stereocenters. The number of carbonyl (C=O) groups is 1. The van der Waals surface area contributed by atoms with Crippen LogP contribution >= 0.6 is 15.9 Å². The van der Waals surface area contributed by atoms with Gasteiger partial charge in [-0.15, -0.1) is 0 Å². The molecular formula is C23H29BrN2O2. The van der Waals surface area contributed by atoms with Crippen LogP contribution in [0.5, 0.6) is 5.75 Å². The molecule has 1 saturated carbocycles. The van der Waals surface area contributed by atoms with Gasteiger partial charge in [0, 0.05) is 28.5 Å². The minimum absolute atomic E-state index is 0.0567. The van der Waals surface area contributed by atoms with E-state index in [1.165, 1.54) is 51.5 Å². The largest absolute Gasteiger partial charge is 0.495 e. The molecule has 2 aliphatic rings. The predicted molar refractivity (Wildman–Crippen MR) is 117 cm³/mol. The lowest BCUT2D eigenvalue weighted by atomic mass is 9.93. The van der Waals surface area contributed by atoms with E-state index in [0.717, 1.165) is 15.2 Å². The van der Waals surface area contributed by atoms with E-state index >= 15 is 0 Å². The first-order valence-electron chi connectivity index (χ1n) is 10.5. The average Bonchev–Trinajstić information content (AvgIpc) is 3.21. The molecule has 2 fully saturated rings. The fourth-order valence-corrected chi connectivity index (χ4v) is 5.54. The lowest BCUT2D eigenvalue weighted by Gasteiger charge is -2.35. The van der Waals surface area contributed by atoms with Crippen molar-refractivity contribution < 1.29 is 9.53 Å². The second-order valence-corrected chi connectivity index (χ2v) is 8.87. The summed E-state index contributed by atoms with van der Waals surface area (Å²) >= 11 is 3.61. The van der Waals surface area contributed by atoms with E-state index in [1.807, 2.05) is 30.3 Å². The first-order chi connectivity index (χ1) is 13.7. The molecule has 1 amide bonds. The number of hydrogen-bond donors (Lipinski definition) is 1. The van der Waals surface area contributed by atoms with Crippen molar-refractivity contribution in [1.82, 2.24) is 10.2 Å². The fourth-order valence-electron chi connectivity index (χ4n) is 4.97. The summed E-state index contributed by atoms with van der Waals surface area (Å²) < 4.78 is 6.55. The molecule has 2 aromatic carbocycles. The van der Waals surface area contributed by atoms with E-state index < -0.39 is 0 Å². The Bertz CT molecular complexity index is 848. The topological polar surface area (TPSA) is 41.6 Å². The third kappa shape index (κ3) is 3.92. The van der Waals surface area contributed by atoms with Crippen LogP contribution in [-0.2, 0) is 0 Å². The minimum Gasteiger partial charge on any atom is -0.495 e. The molecule has 0 aromatic heterocycles. The summed E-state index contributed by atoms with van der Waals surface area (Å²) in [4.78, 5) is 15.7. The lowest BCUT2D eigenvalue weighted by Crippen LogP contribution is -2.45. The summed E-state index contributed by atoms with van der Waals surface area (Å²) in [5.41, 5.74) is 0.593. The molecule has 0 spiro atoms. The van der Waals surface area contributed by atoms with Crippen molar-refractivity contribution in [3.05, 3.63) is 40.4 Å². The van der Waals surface area contributed by atoms with Crippen LogP contribution < -0.4 is 10.1 Å². The summed E-state index contributed by atoms with van der Waals surface area (Å²) in [5.74, 6) is 0.589. The fraction of sp³-hybridized carbons (Fsp3) is 0.522. The van der Waals surface area contributed by atoms with Gasteiger partial charge in [-0.3, -0.25) is 9.69 Å². The smallest absolute Gasteiger partial charge is 0.255 e. The number of nitrogens with zero attached hydrogens (tertiary/aromatic N) is 1. The number of rotatable bonds is 5. The minimum atomic E-state index is -0.0567. The number of likely N-dealkylation sites (tertiary alicyclic amines) is 1. The second kappa shape index (κ2) is 8.83. The van der Waals surface area contributed by atoms with Crippen molar-refractivity contribution in [3.63, 3.8) is 0 Å². The summed E-state index contributed by atoms with van der Waals surface area (Å²) in [7, 11) is 1.63. The van der Waals surface area contributed by atoms with Crippen LogP contribution in [0.4, 0.5) is 0 Å². The zero-order valence-corrected chi connectivity index (χ0v) is 18.1. The van der Waals surface area contributed by atoms with Gasteiger partial charge in [0.05, 0.1) is 12.7 Å². The Morgan fingerprint density at radius 3 is 2.64 bits per heavy atom. The molecule has 28 heavy (non-hydrogen) atoms. The number of amides is 1. The number of halogens is 1. The molecule has 1 N–H and O–H groups in total. The van der Waals surface area contributed by atoms with Gasteiger partial charge in [-0.1, -0.05) is 59.5 Å². The number of nitrogens with one attached hydrogen (secondary N) is 1. The highest BCUT2D eigenvalue weighted by Gasteiger charge is 2.31. The van der Waals surface area contributed by atoms with E-state index in [9.17, 15) is 4.79 Å². The summed E-state index contributed by atoms with van der Waals surface area (Å²) in [5, 5.41) is 5.20. The normalized spacial score (nSPS) is 21.1. The number of carbonyl (C=O) groups excluding carboxylic acids is 1. The van der Waals surface area contributed by atoms with Gasteiger partial charge in [0.1, 0.15) is 5.75 Å². The summed E-state index contributed by atoms with van der Waals surface area (Å²) in [6.07, 6.45) is 9.12. The number of ether oxygens (including phenoxy) is 1. The SMILES string of the molecule is COc1c(C(=O)NC[C@@H]2CCCN2C2CCCCC2)cc(Br)c2ccccc12. The molecule has 1 aliphatic heterocycles. The molecule has 4 rings (SSSR count). The Balaban J connectivity index is 1.49. The van der Waals surface area contributed by atoms with Crippen LogP contribution in [-0.4, -0.2) is 43.1 Å². The summed E-state index contributed by atoms with van der Waals surface area (Å²) in [6.45, 7) is 1.89. The lowest BCUT2D eigenvalue weighted by molar-refractivity contribution is 0.0918. The van der Waals surface area contributed by atoms with E-state index in [0.29, 0.717) is 29.9 Å². The highest BCUT2D eigenvalue weighted by molar-refractivity contribution is 9.10. The third-order valence-electron chi connectivity index (χ3n) is 6.36. The van der Waals surface area contributed by atoms with Gasteiger partial charge in [0.15, 0.2) is 0 Å². The van der Waals surface area contributed by atoms with E-state index in [4.69, 9.17) is 4.74 Å². The van der Waals surface area contributed by atoms with Gasteiger partial charge in [-0.25, -0.2) is 0 Å². The number of benzene rings is 2. The van der Waals surface area contributed by atoms with Crippen molar-refractivity contribution in [2.75, 3.05) is 20.2 Å². The quantitative estimate of drug-likeness (QED) is 0.693. The Kier molecular flexibility index (Phi) is 6.22. The standard InChI is InChI=1S/C23H29BrN2O2/c1-28-22-19-12-6-5-11-18(19)21(24)14-20(22)23(27)25-15-17-10-7-13-26(17)16-8-3-2-4-9-16/h5-6,11-12,14,16-17H,2-4,7-10,13,15H2,1H3,(H,25,27)/t17-/m0/s1. The van der Waals surface area contributed by atoms with Crippen LogP contribution in [0.2, 0.25) is 0 Å². The second-order valence-electron chi connectivity index (χ2n) is 8.02. The van der Waals surface area contributed by atoms with Gasteiger partial charge in [0.2, 0.25) is 0 Å². The molecule has 5 heteroatoms. The Morgan fingerprint density at radius 1 is 1.14 bits per heavy atom. The molecule has 1 saturated heterocycles. The van der Waals surface area contributed by atoms with E-state index in [-0.39, 0.29) is 5.91 Å². The molecule has 0 radical (unpaired) electrons. The van der Waals surface area contributed by atoms with Gasteiger partial charge in [-0.2, -0.15) is 0 Å². The van der Waals surface area contributed by atoms with Crippen LogP contribution in [0.1, 0.15) is 55.3 Å². The molecule has 2 aromatic rings. The van der Waals surface area contributed by atoms with Gasteiger partial charge in [0.25, 0.3) is 5.91 Å². The number of methoxy groups -OCH3 is 1. The Morgan fingerprint density at radius 2 is 1.89 bits per heavy atom. The first-order valence-corrected chi connectivity index (χ1v) is 11.3. The third-order valence-corrected chi connectivity index (χ3v) is 7.01. The van der Waals surface area contributed by atoms with Crippen molar-refractivity contribution in [2.24, 2.45) is 0 Å². The first kappa shape index (κ1) is 19.7. The highest BCUT2D eigenvalue weighted by atomic mass is 79.9. The van der Waals surface area contributed by atoms with Crippen LogP contribution in [0, 0.1) is 0 Å². The van der Waals surface area contributed by atoms with E-state index in [1.54, 1.807) is 7.11 Å². The maximum Gasteiger partial charge on any atom is 0.255 e. The van der Waals surface area contributed by atoms with Gasteiger partial charge < -0.3 is 10.1 Å². The monoisotopic (exact) mass is 444 g/mol. The van der Waals surface area contributed by atoms with Crippen LogP contribution in [0.15, 0.2) is 34.8 Å². The van der Waals surface area contributed by atoms with Crippen molar-refractivity contribution in [2.45, 2.75) is 57.0 Å². The van der Waals surface area contributed by atoms with Crippen molar-refractivity contribution >= 4 is 32.6 Å². The number of fused-ring (bicyclic) bond motifs is 1. The van der Waals surface area contributed by atoms with Gasteiger partial charge >= 0.3 is 0 Å².